The maximum Gasteiger partial charge on any atom is 0.298 e. The molecule has 6 heteroatoms. The molecule has 0 spiro atoms. The van der Waals surface area contributed by atoms with Gasteiger partial charge < -0.3 is 14.6 Å². The molecule has 0 saturated carbocycles. The first-order valence-corrected chi connectivity index (χ1v) is 9.44. The zero-order chi connectivity index (χ0) is 17.2. The summed E-state index contributed by atoms with van der Waals surface area (Å²) in [7, 11) is 0. The molecule has 1 N–H and O–H groups in total. The summed E-state index contributed by atoms with van der Waals surface area (Å²) in [4.78, 5) is 19.2. The molecule has 128 valence electrons. The van der Waals surface area contributed by atoms with Gasteiger partial charge in [-0.05, 0) is 65.8 Å². The van der Waals surface area contributed by atoms with Gasteiger partial charge in [0.2, 0.25) is 5.91 Å². The van der Waals surface area contributed by atoms with Gasteiger partial charge in [-0.25, -0.2) is 0 Å². The molecule has 1 fully saturated rings. The van der Waals surface area contributed by atoms with E-state index in [2.05, 4.69) is 37.8 Å². The second-order valence-corrected chi connectivity index (χ2v) is 7.47. The highest BCUT2D eigenvalue weighted by Gasteiger charge is 2.27. The Labute approximate surface area is 159 Å². The summed E-state index contributed by atoms with van der Waals surface area (Å²) < 4.78 is 6.94. The van der Waals surface area contributed by atoms with Crippen molar-refractivity contribution in [2.75, 3.05) is 23.3 Å². The molecule has 5 nitrogen and oxygen atoms in total. The van der Waals surface area contributed by atoms with Gasteiger partial charge in [-0.2, -0.15) is 4.98 Å². The Morgan fingerprint density at radius 2 is 1.96 bits per heavy atom. The number of amides is 1. The summed E-state index contributed by atoms with van der Waals surface area (Å²) in [5, 5.41) is 3.03. The predicted octanol–water partition coefficient (Wildman–Crippen LogP) is 4.29. The van der Waals surface area contributed by atoms with Crippen LogP contribution in [0.25, 0.3) is 11.1 Å². The van der Waals surface area contributed by atoms with Crippen molar-refractivity contribution in [2.45, 2.75) is 12.8 Å². The van der Waals surface area contributed by atoms with Crippen molar-refractivity contribution in [2.24, 2.45) is 5.92 Å². The summed E-state index contributed by atoms with van der Waals surface area (Å²) >= 11 is 2.25. The number of rotatable bonds is 3. The topological polar surface area (TPSA) is 58.4 Å². The second kappa shape index (κ2) is 7.03. The van der Waals surface area contributed by atoms with Gasteiger partial charge in [0.05, 0.1) is 0 Å². The van der Waals surface area contributed by atoms with E-state index in [0.717, 1.165) is 46.3 Å². The number of carbonyl (C=O) groups excluding carboxylic acids is 1. The molecule has 1 aliphatic heterocycles. The van der Waals surface area contributed by atoms with E-state index in [4.69, 9.17) is 4.42 Å². The minimum absolute atomic E-state index is 0.0264. The number of anilines is 2. The van der Waals surface area contributed by atoms with E-state index in [1.807, 2.05) is 48.5 Å². The lowest BCUT2D eigenvalue weighted by atomic mass is 9.96. The molecular weight excluding hydrogens is 429 g/mol. The Morgan fingerprint density at radius 3 is 2.72 bits per heavy atom. The number of hydrogen-bond donors (Lipinski definition) is 1. The number of para-hydroxylation sites is 2. The van der Waals surface area contributed by atoms with E-state index in [1.165, 1.54) is 0 Å². The van der Waals surface area contributed by atoms with Crippen molar-refractivity contribution in [1.29, 1.82) is 0 Å². The standard InChI is InChI=1S/C19H18IN3O2/c20-14-4-3-5-15(12-14)21-18(24)13-8-10-23(11-9-13)19-22-16-6-1-2-7-17(16)25-19/h1-7,12-13H,8-11H2,(H,21,24). The highest BCUT2D eigenvalue weighted by Crippen LogP contribution is 2.27. The van der Waals surface area contributed by atoms with Crippen molar-refractivity contribution < 1.29 is 9.21 Å². The van der Waals surface area contributed by atoms with Crippen LogP contribution < -0.4 is 10.2 Å². The summed E-state index contributed by atoms with van der Waals surface area (Å²) in [5.74, 6) is 0.123. The molecule has 25 heavy (non-hydrogen) atoms. The number of piperidine rings is 1. The van der Waals surface area contributed by atoms with Crippen LogP contribution in [-0.2, 0) is 4.79 Å². The Bertz CT molecular complexity index is 867. The number of nitrogens with one attached hydrogen (secondary N) is 1. The monoisotopic (exact) mass is 447 g/mol. The molecule has 2 aromatic carbocycles. The average molecular weight is 447 g/mol. The lowest BCUT2D eigenvalue weighted by Crippen LogP contribution is -2.38. The molecule has 0 unspecified atom stereocenters. The summed E-state index contributed by atoms with van der Waals surface area (Å²) in [6, 6.07) is 16.3. The first-order valence-electron chi connectivity index (χ1n) is 8.36. The van der Waals surface area contributed by atoms with Gasteiger partial charge in [-0.1, -0.05) is 18.2 Å². The number of benzene rings is 2. The third kappa shape index (κ3) is 3.63. The first-order chi connectivity index (χ1) is 12.2. The number of nitrogens with zero attached hydrogens (tertiary/aromatic N) is 2. The normalized spacial score (nSPS) is 15.5. The first kappa shape index (κ1) is 16.4. The van der Waals surface area contributed by atoms with Crippen LogP contribution in [0.1, 0.15) is 12.8 Å². The summed E-state index contributed by atoms with van der Waals surface area (Å²) in [5.41, 5.74) is 2.53. The van der Waals surface area contributed by atoms with Gasteiger partial charge in [0.1, 0.15) is 5.52 Å². The molecular formula is C19H18IN3O2. The van der Waals surface area contributed by atoms with Crippen molar-refractivity contribution in [3.05, 3.63) is 52.1 Å². The largest absolute Gasteiger partial charge is 0.423 e. The van der Waals surface area contributed by atoms with Crippen LogP contribution in [0.3, 0.4) is 0 Å². The molecule has 0 bridgehead atoms. The van der Waals surface area contributed by atoms with Crippen LogP contribution >= 0.6 is 22.6 Å². The lowest BCUT2D eigenvalue weighted by molar-refractivity contribution is -0.120. The van der Waals surface area contributed by atoms with E-state index in [0.29, 0.717) is 6.01 Å². The molecule has 0 radical (unpaired) electrons. The smallest absolute Gasteiger partial charge is 0.298 e. The van der Waals surface area contributed by atoms with Crippen molar-refractivity contribution in [3.63, 3.8) is 0 Å². The number of fused-ring (bicyclic) bond motifs is 1. The van der Waals surface area contributed by atoms with Crippen molar-refractivity contribution in [1.82, 2.24) is 4.98 Å². The highest BCUT2D eigenvalue weighted by molar-refractivity contribution is 14.1. The molecule has 4 rings (SSSR count). The highest BCUT2D eigenvalue weighted by atomic mass is 127. The van der Waals surface area contributed by atoms with E-state index >= 15 is 0 Å². The molecule has 1 aliphatic rings. The molecule has 0 atom stereocenters. The predicted molar refractivity (Wildman–Crippen MR) is 107 cm³/mol. The Balaban J connectivity index is 1.38. The SMILES string of the molecule is O=C(Nc1cccc(I)c1)C1CCN(c2nc3ccccc3o2)CC1. The molecule has 1 amide bonds. The molecule has 2 heterocycles. The van der Waals surface area contributed by atoms with E-state index < -0.39 is 0 Å². The lowest BCUT2D eigenvalue weighted by Gasteiger charge is -2.30. The van der Waals surface area contributed by atoms with Gasteiger partial charge in [-0.3, -0.25) is 4.79 Å². The molecule has 1 saturated heterocycles. The quantitative estimate of drug-likeness (QED) is 0.609. The summed E-state index contributed by atoms with van der Waals surface area (Å²) in [6.45, 7) is 1.55. The number of carbonyl (C=O) groups is 1. The van der Waals surface area contributed by atoms with Gasteiger partial charge in [0.15, 0.2) is 5.58 Å². The van der Waals surface area contributed by atoms with Crippen LogP contribution in [0, 0.1) is 9.49 Å². The number of oxazole rings is 1. The molecule has 1 aromatic heterocycles. The third-order valence-corrected chi connectivity index (χ3v) is 5.18. The van der Waals surface area contributed by atoms with Crippen LogP contribution in [-0.4, -0.2) is 24.0 Å². The van der Waals surface area contributed by atoms with Gasteiger partial charge >= 0.3 is 0 Å². The number of halogens is 1. The Morgan fingerprint density at radius 1 is 1.16 bits per heavy atom. The van der Waals surface area contributed by atoms with E-state index in [9.17, 15) is 4.79 Å². The minimum Gasteiger partial charge on any atom is -0.423 e. The number of hydrogen-bond acceptors (Lipinski definition) is 4. The third-order valence-electron chi connectivity index (χ3n) is 4.51. The van der Waals surface area contributed by atoms with Crippen LogP contribution in [0.5, 0.6) is 0 Å². The Kier molecular flexibility index (Phi) is 4.61. The molecule has 3 aromatic rings. The van der Waals surface area contributed by atoms with Gasteiger partial charge in [0.25, 0.3) is 6.01 Å². The number of aromatic nitrogens is 1. The molecule has 0 aliphatic carbocycles. The maximum absolute atomic E-state index is 12.5. The van der Waals surface area contributed by atoms with Gasteiger partial charge in [-0.15, -0.1) is 0 Å². The van der Waals surface area contributed by atoms with Gasteiger partial charge in [0, 0.05) is 28.3 Å². The average Bonchev–Trinajstić information content (AvgIpc) is 3.06. The fourth-order valence-electron chi connectivity index (χ4n) is 3.14. The van der Waals surface area contributed by atoms with Crippen LogP contribution in [0.15, 0.2) is 52.9 Å². The zero-order valence-corrected chi connectivity index (χ0v) is 15.8. The van der Waals surface area contributed by atoms with Crippen molar-refractivity contribution in [3.8, 4) is 0 Å². The van der Waals surface area contributed by atoms with Crippen LogP contribution in [0.4, 0.5) is 11.7 Å². The zero-order valence-electron chi connectivity index (χ0n) is 13.6. The van der Waals surface area contributed by atoms with Crippen LogP contribution in [0.2, 0.25) is 0 Å². The fraction of sp³-hybridized carbons (Fsp3) is 0.263. The van der Waals surface area contributed by atoms with E-state index in [-0.39, 0.29) is 11.8 Å². The second-order valence-electron chi connectivity index (χ2n) is 6.23. The Hall–Kier alpha value is -2.09. The maximum atomic E-state index is 12.5. The minimum atomic E-state index is 0.0264. The van der Waals surface area contributed by atoms with Crippen molar-refractivity contribution >= 4 is 51.3 Å². The fourth-order valence-corrected chi connectivity index (χ4v) is 3.68. The van der Waals surface area contributed by atoms with E-state index in [1.54, 1.807) is 0 Å². The summed E-state index contributed by atoms with van der Waals surface area (Å²) in [6.07, 6.45) is 1.60.